The average molecular weight is 304 g/mol. The van der Waals surface area contributed by atoms with Crippen molar-refractivity contribution in [1.82, 2.24) is 29.7 Å². The SMILES string of the molecule is CC(C)c1nccc(-c2nccn2-c2ccc3cn[nH]c3c2)n1. The fourth-order valence-electron chi connectivity index (χ4n) is 2.55. The van der Waals surface area contributed by atoms with Gasteiger partial charge in [0.2, 0.25) is 0 Å². The van der Waals surface area contributed by atoms with Gasteiger partial charge in [0.05, 0.1) is 11.7 Å². The summed E-state index contributed by atoms with van der Waals surface area (Å²) in [5, 5.41) is 8.14. The zero-order chi connectivity index (χ0) is 15.8. The Morgan fingerprint density at radius 3 is 2.87 bits per heavy atom. The normalized spacial score (nSPS) is 11.4. The minimum absolute atomic E-state index is 0.278. The molecule has 23 heavy (non-hydrogen) atoms. The second kappa shape index (κ2) is 5.31. The maximum Gasteiger partial charge on any atom is 0.163 e. The molecule has 6 heteroatoms. The molecule has 0 spiro atoms. The summed E-state index contributed by atoms with van der Waals surface area (Å²) < 4.78 is 2.02. The van der Waals surface area contributed by atoms with Crippen molar-refractivity contribution in [2.24, 2.45) is 0 Å². The van der Waals surface area contributed by atoms with Crippen LogP contribution in [-0.4, -0.2) is 29.7 Å². The lowest BCUT2D eigenvalue weighted by atomic mass is 10.2. The topological polar surface area (TPSA) is 72.3 Å². The van der Waals surface area contributed by atoms with Gasteiger partial charge in [-0.1, -0.05) is 13.8 Å². The zero-order valence-corrected chi connectivity index (χ0v) is 12.9. The fraction of sp³-hybridized carbons (Fsp3) is 0.176. The molecule has 1 N–H and O–H groups in total. The van der Waals surface area contributed by atoms with Gasteiger partial charge < -0.3 is 0 Å². The van der Waals surface area contributed by atoms with Crippen LogP contribution in [0.5, 0.6) is 0 Å². The third-order valence-corrected chi connectivity index (χ3v) is 3.76. The number of benzene rings is 1. The molecule has 0 radical (unpaired) electrons. The standard InChI is InChI=1S/C17H16N6/c1-11(2)16-18-6-5-14(21-16)17-19-7-8-23(17)13-4-3-12-10-20-22-15(12)9-13/h3-11H,1-2H3,(H,20,22). The minimum atomic E-state index is 0.278. The number of imidazole rings is 1. The first-order chi connectivity index (χ1) is 11.2. The fourth-order valence-corrected chi connectivity index (χ4v) is 2.55. The summed E-state index contributed by atoms with van der Waals surface area (Å²) in [6.07, 6.45) is 7.32. The molecule has 0 aliphatic rings. The molecule has 3 aromatic heterocycles. The van der Waals surface area contributed by atoms with E-state index in [0.717, 1.165) is 33.9 Å². The summed E-state index contributed by atoms with van der Waals surface area (Å²) in [6, 6.07) is 8.03. The van der Waals surface area contributed by atoms with E-state index in [0.29, 0.717) is 0 Å². The van der Waals surface area contributed by atoms with E-state index in [1.165, 1.54) is 0 Å². The van der Waals surface area contributed by atoms with E-state index in [1.54, 1.807) is 12.4 Å². The molecule has 0 saturated carbocycles. The van der Waals surface area contributed by atoms with Gasteiger partial charge >= 0.3 is 0 Å². The predicted molar refractivity (Wildman–Crippen MR) is 88.3 cm³/mol. The van der Waals surface area contributed by atoms with Crippen LogP contribution in [0, 0.1) is 0 Å². The number of H-pyrrole nitrogens is 1. The summed E-state index contributed by atoms with van der Waals surface area (Å²) >= 11 is 0. The van der Waals surface area contributed by atoms with Crippen LogP contribution in [0.4, 0.5) is 0 Å². The summed E-state index contributed by atoms with van der Waals surface area (Å²) in [5.74, 6) is 1.90. The number of nitrogens with one attached hydrogen (secondary N) is 1. The van der Waals surface area contributed by atoms with Crippen molar-refractivity contribution in [3.8, 4) is 17.2 Å². The molecular weight excluding hydrogens is 288 g/mol. The molecule has 0 fully saturated rings. The van der Waals surface area contributed by atoms with Gasteiger partial charge in [-0.25, -0.2) is 15.0 Å². The number of hydrogen-bond acceptors (Lipinski definition) is 4. The number of hydrogen-bond donors (Lipinski definition) is 1. The predicted octanol–water partition coefficient (Wildman–Crippen LogP) is 3.33. The highest BCUT2D eigenvalue weighted by atomic mass is 15.1. The van der Waals surface area contributed by atoms with Crippen molar-refractivity contribution in [1.29, 1.82) is 0 Å². The molecule has 6 nitrogen and oxygen atoms in total. The Hall–Kier alpha value is -3.02. The zero-order valence-electron chi connectivity index (χ0n) is 12.9. The molecule has 3 heterocycles. The van der Waals surface area contributed by atoms with Gasteiger partial charge in [0.1, 0.15) is 11.5 Å². The molecule has 0 unspecified atom stereocenters. The highest BCUT2D eigenvalue weighted by Gasteiger charge is 2.12. The molecule has 0 amide bonds. The minimum Gasteiger partial charge on any atom is -0.298 e. The lowest BCUT2D eigenvalue weighted by Crippen LogP contribution is -2.02. The van der Waals surface area contributed by atoms with Crippen molar-refractivity contribution >= 4 is 10.9 Å². The van der Waals surface area contributed by atoms with Crippen molar-refractivity contribution in [2.45, 2.75) is 19.8 Å². The van der Waals surface area contributed by atoms with Gasteiger partial charge in [-0.15, -0.1) is 0 Å². The number of fused-ring (bicyclic) bond motifs is 1. The Bertz CT molecular complexity index is 966. The lowest BCUT2D eigenvalue weighted by Gasteiger charge is -2.09. The summed E-state index contributed by atoms with van der Waals surface area (Å²) in [5.41, 5.74) is 2.82. The van der Waals surface area contributed by atoms with Crippen molar-refractivity contribution < 1.29 is 0 Å². The van der Waals surface area contributed by atoms with Crippen molar-refractivity contribution in [3.05, 3.63) is 54.9 Å². The van der Waals surface area contributed by atoms with Gasteiger partial charge in [-0.2, -0.15) is 5.10 Å². The lowest BCUT2D eigenvalue weighted by molar-refractivity contribution is 0.774. The second-order valence-electron chi connectivity index (χ2n) is 5.72. The molecule has 0 aliphatic heterocycles. The van der Waals surface area contributed by atoms with Crippen LogP contribution < -0.4 is 0 Å². The van der Waals surface area contributed by atoms with Gasteiger partial charge in [0.25, 0.3) is 0 Å². The summed E-state index contributed by atoms with van der Waals surface area (Å²) in [7, 11) is 0. The van der Waals surface area contributed by atoms with E-state index in [1.807, 2.05) is 35.2 Å². The maximum atomic E-state index is 4.64. The Labute approximate surface area is 133 Å². The highest BCUT2D eigenvalue weighted by molar-refractivity contribution is 5.80. The molecule has 0 aliphatic carbocycles. The first-order valence-electron chi connectivity index (χ1n) is 7.52. The largest absolute Gasteiger partial charge is 0.298 e. The van der Waals surface area contributed by atoms with Crippen molar-refractivity contribution in [2.75, 3.05) is 0 Å². The number of aromatic amines is 1. The van der Waals surface area contributed by atoms with Gasteiger partial charge in [0, 0.05) is 35.6 Å². The monoisotopic (exact) mass is 304 g/mol. The molecule has 4 aromatic rings. The van der Waals surface area contributed by atoms with Crippen molar-refractivity contribution in [3.63, 3.8) is 0 Å². The molecule has 1 aromatic carbocycles. The molecular formula is C17H16N6. The van der Waals surface area contributed by atoms with E-state index in [-0.39, 0.29) is 5.92 Å². The Morgan fingerprint density at radius 1 is 1.09 bits per heavy atom. The molecule has 0 saturated heterocycles. The number of aromatic nitrogens is 6. The van der Waals surface area contributed by atoms with E-state index in [9.17, 15) is 0 Å². The van der Waals surface area contributed by atoms with Crippen LogP contribution in [-0.2, 0) is 0 Å². The Morgan fingerprint density at radius 2 is 2.00 bits per heavy atom. The van der Waals surface area contributed by atoms with Crippen LogP contribution in [0.2, 0.25) is 0 Å². The Kier molecular flexibility index (Phi) is 3.15. The van der Waals surface area contributed by atoms with Gasteiger partial charge in [0.15, 0.2) is 5.82 Å². The average Bonchev–Trinajstić information content (AvgIpc) is 3.23. The first-order valence-corrected chi connectivity index (χ1v) is 7.52. The third-order valence-electron chi connectivity index (χ3n) is 3.76. The number of rotatable bonds is 3. The molecule has 0 bridgehead atoms. The summed E-state index contributed by atoms with van der Waals surface area (Å²) in [6.45, 7) is 4.16. The third kappa shape index (κ3) is 2.38. The van der Waals surface area contributed by atoms with Crippen LogP contribution in [0.15, 0.2) is 49.1 Å². The van der Waals surface area contributed by atoms with E-state index in [2.05, 4.69) is 45.1 Å². The molecule has 4 rings (SSSR count). The summed E-state index contributed by atoms with van der Waals surface area (Å²) in [4.78, 5) is 13.4. The van der Waals surface area contributed by atoms with Crippen LogP contribution in [0.3, 0.4) is 0 Å². The quantitative estimate of drug-likeness (QED) is 0.630. The first kappa shape index (κ1) is 13.6. The second-order valence-corrected chi connectivity index (χ2v) is 5.72. The van der Waals surface area contributed by atoms with E-state index < -0.39 is 0 Å². The molecule has 114 valence electrons. The van der Waals surface area contributed by atoms with Gasteiger partial charge in [-0.05, 0) is 24.3 Å². The number of nitrogens with zero attached hydrogens (tertiary/aromatic N) is 5. The van der Waals surface area contributed by atoms with E-state index in [4.69, 9.17) is 0 Å². The van der Waals surface area contributed by atoms with Crippen LogP contribution >= 0.6 is 0 Å². The maximum absolute atomic E-state index is 4.64. The van der Waals surface area contributed by atoms with Crippen LogP contribution in [0.1, 0.15) is 25.6 Å². The highest BCUT2D eigenvalue weighted by Crippen LogP contribution is 2.23. The smallest absolute Gasteiger partial charge is 0.163 e. The Balaban J connectivity index is 1.83. The van der Waals surface area contributed by atoms with Crippen LogP contribution in [0.25, 0.3) is 28.1 Å². The van der Waals surface area contributed by atoms with E-state index >= 15 is 0 Å². The van der Waals surface area contributed by atoms with Gasteiger partial charge in [-0.3, -0.25) is 9.67 Å². The molecule has 0 atom stereocenters.